The summed E-state index contributed by atoms with van der Waals surface area (Å²) in [6.45, 7) is 4.49. The fourth-order valence-electron chi connectivity index (χ4n) is 2.05. The molecule has 0 aliphatic carbocycles. The van der Waals surface area contributed by atoms with Crippen LogP contribution in [0.4, 0.5) is 0 Å². The lowest BCUT2D eigenvalue weighted by atomic mass is 9.90. The predicted molar refractivity (Wildman–Crippen MR) is 75.7 cm³/mol. The number of aromatic nitrogens is 1. The molecule has 4 heteroatoms. The highest BCUT2D eigenvalue weighted by Crippen LogP contribution is 2.23. The van der Waals surface area contributed by atoms with Crippen molar-refractivity contribution in [1.82, 2.24) is 4.98 Å². The molecule has 2 aromatic rings. The summed E-state index contributed by atoms with van der Waals surface area (Å²) in [5.74, 6) is 0.431. The molecule has 1 unspecified atom stereocenters. The molecule has 2 rings (SSSR count). The Morgan fingerprint density at radius 1 is 1.39 bits per heavy atom. The normalized spacial score (nSPS) is 13.1. The minimum atomic E-state index is -0.0583. The van der Waals surface area contributed by atoms with Crippen LogP contribution in [0.25, 0.3) is 10.2 Å². The van der Waals surface area contributed by atoms with E-state index in [1.807, 2.05) is 38.1 Å². The molecule has 0 saturated heterocycles. The first-order valence-electron chi connectivity index (χ1n) is 6.19. The lowest BCUT2D eigenvalue weighted by Crippen LogP contribution is -2.29. The summed E-state index contributed by atoms with van der Waals surface area (Å²) in [5.41, 5.74) is 6.64. The van der Waals surface area contributed by atoms with Gasteiger partial charge in [-0.3, -0.25) is 4.79 Å². The van der Waals surface area contributed by atoms with Crippen LogP contribution in [-0.2, 0) is 11.2 Å². The van der Waals surface area contributed by atoms with E-state index < -0.39 is 0 Å². The zero-order valence-electron chi connectivity index (χ0n) is 10.7. The van der Waals surface area contributed by atoms with Gasteiger partial charge in [0.25, 0.3) is 0 Å². The maximum absolute atomic E-state index is 12.1. The van der Waals surface area contributed by atoms with Crippen LogP contribution in [0.1, 0.15) is 18.9 Å². The minimum Gasteiger partial charge on any atom is -0.330 e. The highest BCUT2D eigenvalue weighted by molar-refractivity contribution is 7.18. The van der Waals surface area contributed by atoms with Crippen molar-refractivity contribution in [1.29, 1.82) is 0 Å². The molecular formula is C14H18N2OS. The maximum Gasteiger partial charge on any atom is 0.144 e. The molecule has 0 amide bonds. The van der Waals surface area contributed by atoms with Gasteiger partial charge in [-0.1, -0.05) is 26.0 Å². The fraction of sp³-hybridized carbons (Fsp3) is 0.429. The van der Waals surface area contributed by atoms with Gasteiger partial charge in [-0.2, -0.15) is 0 Å². The summed E-state index contributed by atoms with van der Waals surface area (Å²) < 4.78 is 1.13. The monoisotopic (exact) mass is 262 g/mol. The van der Waals surface area contributed by atoms with Gasteiger partial charge in [-0.25, -0.2) is 4.98 Å². The standard InChI is InChI=1S/C14H18N2OS/c1-9(2)10(8-15)12(17)7-14-16-11-5-3-4-6-13(11)18-14/h3-6,9-10H,7-8,15H2,1-2H3. The third-order valence-electron chi connectivity index (χ3n) is 3.14. The van der Waals surface area contributed by atoms with E-state index >= 15 is 0 Å². The van der Waals surface area contributed by atoms with Crippen LogP contribution in [0.15, 0.2) is 24.3 Å². The summed E-state index contributed by atoms with van der Waals surface area (Å²) in [4.78, 5) is 16.6. The van der Waals surface area contributed by atoms with Gasteiger partial charge < -0.3 is 5.73 Å². The topological polar surface area (TPSA) is 56.0 Å². The Morgan fingerprint density at radius 3 is 2.72 bits per heavy atom. The molecule has 0 saturated carbocycles. The molecule has 1 aromatic carbocycles. The van der Waals surface area contributed by atoms with Crippen LogP contribution in [0, 0.1) is 11.8 Å². The van der Waals surface area contributed by atoms with Gasteiger partial charge in [0, 0.05) is 12.5 Å². The number of thiazole rings is 1. The second-order valence-corrected chi connectivity index (χ2v) is 5.92. The summed E-state index contributed by atoms with van der Waals surface area (Å²) in [6, 6.07) is 7.96. The molecule has 0 spiro atoms. The molecule has 3 nitrogen and oxygen atoms in total. The van der Waals surface area contributed by atoms with Crippen molar-refractivity contribution in [3.63, 3.8) is 0 Å². The van der Waals surface area contributed by atoms with Gasteiger partial charge in [0.1, 0.15) is 10.8 Å². The van der Waals surface area contributed by atoms with Gasteiger partial charge in [-0.15, -0.1) is 11.3 Å². The van der Waals surface area contributed by atoms with Gasteiger partial charge in [0.2, 0.25) is 0 Å². The Balaban J connectivity index is 2.15. The van der Waals surface area contributed by atoms with E-state index in [4.69, 9.17) is 5.73 Å². The number of nitrogens with two attached hydrogens (primary N) is 1. The lowest BCUT2D eigenvalue weighted by molar-refractivity contribution is -0.123. The van der Waals surface area contributed by atoms with Crippen LogP contribution >= 0.6 is 11.3 Å². The number of nitrogens with zero attached hydrogens (tertiary/aromatic N) is 1. The number of carbonyl (C=O) groups excluding carboxylic acids is 1. The fourth-order valence-corrected chi connectivity index (χ4v) is 3.03. The predicted octanol–water partition coefficient (Wildman–Crippen LogP) is 2.64. The molecule has 0 bridgehead atoms. The summed E-state index contributed by atoms with van der Waals surface area (Å²) in [6.07, 6.45) is 0.402. The largest absolute Gasteiger partial charge is 0.330 e. The Hall–Kier alpha value is -1.26. The van der Waals surface area contributed by atoms with E-state index in [0.29, 0.717) is 13.0 Å². The van der Waals surface area contributed by atoms with Gasteiger partial charge >= 0.3 is 0 Å². The zero-order valence-corrected chi connectivity index (χ0v) is 11.5. The summed E-state index contributed by atoms with van der Waals surface area (Å²) >= 11 is 1.59. The van der Waals surface area contributed by atoms with Crippen molar-refractivity contribution in [3.8, 4) is 0 Å². The van der Waals surface area contributed by atoms with Gasteiger partial charge in [-0.05, 0) is 18.1 Å². The molecule has 0 aliphatic heterocycles. The Bertz CT molecular complexity index is 514. The second-order valence-electron chi connectivity index (χ2n) is 4.80. The van der Waals surface area contributed by atoms with E-state index in [-0.39, 0.29) is 17.6 Å². The molecule has 0 aliphatic rings. The SMILES string of the molecule is CC(C)C(CN)C(=O)Cc1nc2ccccc2s1. The quantitative estimate of drug-likeness (QED) is 0.901. The van der Waals surface area contributed by atoms with Crippen LogP contribution in [0.5, 0.6) is 0 Å². The van der Waals surface area contributed by atoms with Crippen LogP contribution < -0.4 is 5.73 Å². The highest BCUT2D eigenvalue weighted by Gasteiger charge is 2.21. The first-order valence-corrected chi connectivity index (χ1v) is 7.00. The molecular weight excluding hydrogens is 244 g/mol. The Labute approximate surface area is 111 Å². The van der Waals surface area contributed by atoms with Crippen LogP contribution in [-0.4, -0.2) is 17.3 Å². The second kappa shape index (κ2) is 5.59. The molecule has 2 N–H and O–H groups in total. The van der Waals surface area contributed by atoms with Crippen LogP contribution in [0.2, 0.25) is 0 Å². The first-order chi connectivity index (χ1) is 8.61. The van der Waals surface area contributed by atoms with E-state index in [9.17, 15) is 4.79 Å². The first kappa shape index (κ1) is 13.2. The van der Waals surface area contributed by atoms with E-state index in [0.717, 1.165) is 15.2 Å². The van der Waals surface area contributed by atoms with Crippen LogP contribution in [0.3, 0.4) is 0 Å². The minimum absolute atomic E-state index is 0.0583. The molecule has 18 heavy (non-hydrogen) atoms. The zero-order chi connectivity index (χ0) is 13.1. The van der Waals surface area contributed by atoms with E-state index in [2.05, 4.69) is 4.98 Å². The highest BCUT2D eigenvalue weighted by atomic mass is 32.1. The number of carbonyl (C=O) groups is 1. The molecule has 96 valence electrons. The number of benzene rings is 1. The van der Waals surface area contributed by atoms with Crippen molar-refractivity contribution in [2.75, 3.05) is 6.54 Å². The van der Waals surface area contributed by atoms with Crippen molar-refractivity contribution in [3.05, 3.63) is 29.3 Å². The number of para-hydroxylation sites is 1. The molecule has 0 fully saturated rings. The number of Topliss-reactive ketones (excluding diaryl/α,β-unsaturated/α-hetero) is 1. The maximum atomic E-state index is 12.1. The molecule has 1 aromatic heterocycles. The molecule has 0 radical (unpaired) electrons. The van der Waals surface area contributed by atoms with E-state index in [1.165, 1.54) is 0 Å². The summed E-state index contributed by atoms with van der Waals surface area (Å²) in [7, 11) is 0. The van der Waals surface area contributed by atoms with Gasteiger partial charge in [0.05, 0.1) is 16.6 Å². The third-order valence-corrected chi connectivity index (χ3v) is 4.17. The van der Waals surface area contributed by atoms with E-state index in [1.54, 1.807) is 11.3 Å². The average molecular weight is 262 g/mol. The number of hydrogen-bond acceptors (Lipinski definition) is 4. The van der Waals surface area contributed by atoms with Crippen molar-refractivity contribution in [2.24, 2.45) is 17.6 Å². The van der Waals surface area contributed by atoms with Crippen molar-refractivity contribution >= 4 is 27.3 Å². The average Bonchev–Trinajstić information content (AvgIpc) is 2.71. The van der Waals surface area contributed by atoms with Crippen molar-refractivity contribution in [2.45, 2.75) is 20.3 Å². The van der Waals surface area contributed by atoms with Gasteiger partial charge in [0.15, 0.2) is 0 Å². The smallest absolute Gasteiger partial charge is 0.144 e. The lowest BCUT2D eigenvalue weighted by Gasteiger charge is -2.16. The van der Waals surface area contributed by atoms with Crippen molar-refractivity contribution < 1.29 is 4.79 Å². The molecule has 1 heterocycles. The number of ketones is 1. The molecule has 1 atom stereocenters. The number of fused-ring (bicyclic) bond motifs is 1. The Kier molecular flexibility index (Phi) is 4.09. The number of hydrogen-bond donors (Lipinski definition) is 1. The number of rotatable bonds is 5. The summed E-state index contributed by atoms with van der Waals surface area (Å²) in [5, 5.41) is 0.889. The third kappa shape index (κ3) is 2.76. The Morgan fingerprint density at radius 2 is 2.11 bits per heavy atom.